The third-order valence-corrected chi connectivity index (χ3v) is 8.97. The van der Waals surface area contributed by atoms with Gasteiger partial charge < -0.3 is 19.7 Å². The lowest BCUT2D eigenvalue weighted by molar-refractivity contribution is -0.151. The Balaban J connectivity index is 1.39. The van der Waals surface area contributed by atoms with Crippen molar-refractivity contribution in [2.45, 2.75) is 69.6 Å². The average molecular weight is 547 g/mol. The Kier molecular flexibility index (Phi) is 7.50. The minimum absolute atomic E-state index is 0.0858. The number of hydrogen-bond acceptors (Lipinski definition) is 8. The lowest BCUT2D eigenvalue weighted by Crippen LogP contribution is -2.51. The quantitative estimate of drug-likeness (QED) is 0.440. The zero-order valence-electron chi connectivity index (χ0n) is 22.2. The van der Waals surface area contributed by atoms with Gasteiger partial charge in [-0.15, -0.1) is 11.3 Å². The van der Waals surface area contributed by atoms with Gasteiger partial charge in [0.15, 0.2) is 5.13 Å². The van der Waals surface area contributed by atoms with Crippen molar-refractivity contribution in [2.75, 3.05) is 19.0 Å². The second-order valence-corrected chi connectivity index (χ2v) is 11.6. The van der Waals surface area contributed by atoms with Gasteiger partial charge in [0, 0.05) is 23.4 Å². The number of esters is 1. The maximum atomic E-state index is 14.2. The summed E-state index contributed by atoms with van der Waals surface area (Å²) in [5.41, 5.74) is 2.07. The van der Waals surface area contributed by atoms with E-state index in [-0.39, 0.29) is 17.9 Å². The second kappa shape index (κ2) is 11.3. The molecule has 1 aliphatic carbocycles. The molecule has 8 nitrogen and oxygen atoms in total. The highest BCUT2D eigenvalue weighted by molar-refractivity contribution is 7.13. The molecule has 3 aromatic rings. The topological polar surface area (TPSA) is 93.7 Å². The summed E-state index contributed by atoms with van der Waals surface area (Å²) in [6.45, 7) is 0.296. The van der Waals surface area contributed by atoms with E-state index in [4.69, 9.17) is 14.5 Å². The first-order chi connectivity index (χ1) is 19.1. The molecule has 3 atom stereocenters. The van der Waals surface area contributed by atoms with Crippen molar-refractivity contribution in [3.8, 4) is 5.88 Å². The number of aryl methyl sites for hydroxylation is 1. The highest BCUT2D eigenvalue weighted by atomic mass is 32.1. The number of thiazole rings is 1. The molecule has 2 fully saturated rings. The Labute approximate surface area is 232 Å². The van der Waals surface area contributed by atoms with E-state index in [1.54, 1.807) is 11.1 Å². The van der Waals surface area contributed by atoms with Crippen LogP contribution in [-0.4, -0.2) is 58.6 Å². The standard InChI is InChI=1S/C30H34N4O4S/c1-37-29(36)25-16-23-17-34(25)28(35)26(21-8-3-2-4-9-21)33-30-32-22(18-39-30)10-6-5-7-19-11-12-20-13-14-31-27(38-23)24(20)15-19/h5,7,11-15,18,21,23,25-26H,2-4,6,8-10,16-17H2,1H3,(H,32,33)/b7-5+/t23-,25+,26+/m1/s1. The molecule has 2 aromatic heterocycles. The van der Waals surface area contributed by atoms with Gasteiger partial charge in [-0.25, -0.2) is 14.8 Å². The molecule has 6 bridgehead atoms. The number of nitrogens with one attached hydrogen (secondary N) is 1. The van der Waals surface area contributed by atoms with Crippen LogP contribution < -0.4 is 10.1 Å². The summed E-state index contributed by atoms with van der Waals surface area (Å²) < 4.78 is 11.6. The Morgan fingerprint density at radius 2 is 2.08 bits per heavy atom. The number of methoxy groups -OCH3 is 1. The molecule has 1 aromatic carbocycles. The first-order valence-corrected chi connectivity index (χ1v) is 14.8. The zero-order valence-corrected chi connectivity index (χ0v) is 23.0. The van der Waals surface area contributed by atoms with Crippen LogP contribution in [-0.2, 0) is 20.7 Å². The van der Waals surface area contributed by atoms with Gasteiger partial charge in [0.05, 0.1) is 19.3 Å². The number of anilines is 1. The van der Waals surface area contributed by atoms with E-state index in [9.17, 15) is 9.59 Å². The third kappa shape index (κ3) is 5.50. The maximum Gasteiger partial charge on any atom is 0.328 e. The number of benzene rings is 1. The highest BCUT2D eigenvalue weighted by Gasteiger charge is 2.45. The van der Waals surface area contributed by atoms with Crippen LogP contribution in [0.1, 0.15) is 56.2 Å². The molecule has 6 rings (SSSR count). The van der Waals surface area contributed by atoms with E-state index in [0.717, 1.165) is 65.7 Å². The summed E-state index contributed by atoms with van der Waals surface area (Å²) in [6.07, 6.45) is 13.0. The molecule has 204 valence electrons. The summed E-state index contributed by atoms with van der Waals surface area (Å²) in [7, 11) is 1.37. The lowest BCUT2D eigenvalue weighted by Gasteiger charge is -2.34. The SMILES string of the molecule is COC(=O)[C@@H]1C[C@@H]2CN1C(=O)[C@H](C1CCCCC1)Nc1nc(cs1)CC/C=C/c1ccc3ccnc(c3c1)O2. The Hall–Kier alpha value is -3.46. The van der Waals surface area contributed by atoms with E-state index in [0.29, 0.717) is 18.8 Å². The molecule has 3 aliphatic rings. The monoisotopic (exact) mass is 546 g/mol. The normalized spacial score (nSPS) is 25.0. The maximum absolute atomic E-state index is 14.2. The van der Waals surface area contributed by atoms with Gasteiger partial charge in [0.1, 0.15) is 18.2 Å². The number of hydrogen-bond donors (Lipinski definition) is 1. The molecular formula is C30H34N4O4S. The van der Waals surface area contributed by atoms with Gasteiger partial charge in [0.2, 0.25) is 11.8 Å². The largest absolute Gasteiger partial charge is 0.472 e. The molecule has 0 unspecified atom stereocenters. The summed E-state index contributed by atoms with van der Waals surface area (Å²) in [6, 6.07) is 7.03. The number of carbonyl (C=O) groups excluding carboxylic acids is 2. The second-order valence-electron chi connectivity index (χ2n) is 10.7. The summed E-state index contributed by atoms with van der Waals surface area (Å²) in [5.74, 6) is 0.196. The molecule has 2 aliphatic heterocycles. The van der Waals surface area contributed by atoms with Crippen LogP contribution in [0.4, 0.5) is 5.13 Å². The van der Waals surface area contributed by atoms with E-state index in [2.05, 4.69) is 46.0 Å². The summed E-state index contributed by atoms with van der Waals surface area (Å²) in [4.78, 5) is 38.1. The lowest BCUT2D eigenvalue weighted by atomic mass is 9.83. The number of carbonyl (C=O) groups is 2. The number of allylic oxidation sites excluding steroid dienone is 1. The fraction of sp³-hybridized carbons (Fsp3) is 0.467. The summed E-state index contributed by atoms with van der Waals surface area (Å²) >= 11 is 1.54. The average Bonchev–Trinajstić information content (AvgIpc) is 3.60. The van der Waals surface area contributed by atoms with Crippen LogP contribution in [0.3, 0.4) is 0 Å². The molecule has 1 amide bonds. The number of nitrogens with zero attached hydrogens (tertiary/aromatic N) is 3. The Morgan fingerprint density at radius 1 is 1.21 bits per heavy atom. The van der Waals surface area contributed by atoms with Crippen LogP contribution in [0.2, 0.25) is 0 Å². The first-order valence-electron chi connectivity index (χ1n) is 13.9. The predicted octanol–water partition coefficient (Wildman–Crippen LogP) is 5.23. The van der Waals surface area contributed by atoms with Crippen molar-refractivity contribution in [1.82, 2.24) is 14.9 Å². The van der Waals surface area contributed by atoms with Crippen LogP contribution in [0.25, 0.3) is 16.8 Å². The van der Waals surface area contributed by atoms with E-state index >= 15 is 0 Å². The van der Waals surface area contributed by atoms with Crippen LogP contribution in [0, 0.1) is 5.92 Å². The highest BCUT2D eigenvalue weighted by Crippen LogP contribution is 2.34. The predicted molar refractivity (Wildman–Crippen MR) is 152 cm³/mol. The molecule has 0 radical (unpaired) electrons. The third-order valence-electron chi connectivity index (χ3n) is 8.15. The van der Waals surface area contributed by atoms with Gasteiger partial charge in [-0.2, -0.15) is 0 Å². The van der Waals surface area contributed by atoms with E-state index in [1.165, 1.54) is 24.9 Å². The first kappa shape index (κ1) is 25.8. The van der Waals surface area contributed by atoms with Crippen molar-refractivity contribution >= 4 is 45.2 Å². The Bertz CT molecular complexity index is 1380. The minimum Gasteiger partial charge on any atom is -0.472 e. The fourth-order valence-electron chi connectivity index (χ4n) is 6.10. The molecule has 1 saturated carbocycles. The van der Waals surface area contributed by atoms with Gasteiger partial charge in [-0.05, 0) is 54.7 Å². The molecule has 9 heteroatoms. The van der Waals surface area contributed by atoms with Crippen molar-refractivity contribution in [3.63, 3.8) is 0 Å². The van der Waals surface area contributed by atoms with Gasteiger partial charge >= 0.3 is 5.97 Å². The Morgan fingerprint density at radius 3 is 2.92 bits per heavy atom. The fourth-order valence-corrected chi connectivity index (χ4v) is 6.88. The van der Waals surface area contributed by atoms with Crippen LogP contribution in [0.5, 0.6) is 5.88 Å². The number of amides is 1. The molecule has 1 saturated heterocycles. The molecule has 4 heterocycles. The van der Waals surface area contributed by atoms with Gasteiger partial charge in [-0.1, -0.05) is 43.5 Å². The molecule has 39 heavy (non-hydrogen) atoms. The summed E-state index contributed by atoms with van der Waals surface area (Å²) in [5, 5.41) is 8.25. The number of ether oxygens (including phenoxy) is 2. The van der Waals surface area contributed by atoms with Crippen LogP contribution >= 0.6 is 11.3 Å². The van der Waals surface area contributed by atoms with Crippen molar-refractivity contribution in [1.29, 1.82) is 0 Å². The van der Waals surface area contributed by atoms with Crippen molar-refractivity contribution < 1.29 is 19.1 Å². The minimum atomic E-state index is -0.706. The number of rotatable bonds is 2. The van der Waals surface area contributed by atoms with E-state index < -0.39 is 18.1 Å². The van der Waals surface area contributed by atoms with Gasteiger partial charge in [-0.3, -0.25) is 4.79 Å². The number of fused-ring (bicyclic) bond motifs is 5. The molecular weight excluding hydrogens is 512 g/mol. The molecule has 1 N–H and O–H groups in total. The van der Waals surface area contributed by atoms with Gasteiger partial charge in [0.25, 0.3) is 0 Å². The van der Waals surface area contributed by atoms with Crippen molar-refractivity contribution in [2.24, 2.45) is 5.92 Å². The van der Waals surface area contributed by atoms with E-state index in [1.807, 2.05) is 6.07 Å². The molecule has 0 spiro atoms. The van der Waals surface area contributed by atoms with Crippen LogP contribution in [0.15, 0.2) is 41.9 Å². The number of aromatic nitrogens is 2. The van der Waals surface area contributed by atoms with Crippen molar-refractivity contribution in [3.05, 3.63) is 53.2 Å². The number of pyridine rings is 1. The smallest absolute Gasteiger partial charge is 0.328 e. The zero-order chi connectivity index (χ0) is 26.8.